The fourth-order valence-electron chi connectivity index (χ4n) is 3.30. The Kier molecular flexibility index (Phi) is 4.61. The molecular weight excluding hydrogens is 230 g/mol. The minimum atomic E-state index is -0.807. The Labute approximate surface area is 108 Å². The van der Waals surface area contributed by atoms with E-state index in [-0.39, 0.29) is 17.9 Å². The zero-order valence-electron chi connectivity index (χ0n) is 10.9. The molecule has 2 fully saturated rings. The van der Waals surface area contributed by atoms with Gasteiger partial charge in [-0.3, -0.25) is 9.59 Å². The van der Waals surface area contributed by atoms with E-state index < -0.39 is 11.9 Å². The number of amides is 1. The molecule has 2 rings (SSSR count). The van der Waals surface area contributed by atoms with Crippen LogP contribution in [-0.4, -0.2) is 23.0 Å². The van der Waals surface area contributed by atoms with Crippen LogP contribution in [0.25, 0.3) is 0 Å². The summed E-state index contributed by atoms with van der Waals surface area (Å²) < 4.78 is 0. The largest absolute Gasteiger partial charge is 0.481 e. The molecule has 0 saturated heterocycles. The number of carboxylic acids is 1. The van der Waals surface area contributed by atoms with Gasteiger partial charge in [-0.1, -0.05) is 32.1 Å². The van der Waals surface area contributed by atoms with Gasteiger partial charge in [-0.25, -0.2) is 0 Å². The summed E-state index contributed by atoms with van der Waals surface area (Å²) in [5.74, 6) is -1.60. The molecule has 4 nitrogen and oxygen atoms in total. The number of hydrogen-bond acceptors (Lipinski definition) is 2. The lowest BCUT2D eigenvalue weighted by atomic mass is 9.78. The maximum absolute atomic E-state index is 12.2. The smallest absolute Gasteiger partial charge is 0.307 e. The molecule has 0 aromatic heterocycles. The lowest BCUT2D eigenvalue weighted by Crippen LogP contribution is -2.44. The van der Waals surface area contributed by atoms with Gasteiger partial charge in [0.05, 0.1) is 11.8 Å². The molecule has 102 valence electrons. The van der Waals surface area contributed by atoms with Crippen LogP contribution in [0.3, 0.4) is 0 Å². The van der Waals surface area contributed by atoms with E-state index in [0.29, 0.717) is 6.42 Å². The van der Waals surface area contributed by atoms with Gasteiger partial charge in [0.2, 0.25) is 5.91 Å². The molecule has 18 heavy (non-hydrogen) atoms. The van der Waals surface area contributed by atoms with Gasteiger partial charge in [0.25, 0.3) is 0 Å². The number of carboxylic acid groups (broad SMARTS) is 1. The Balaban J connectivity index is 1.91. The molecule has 2 saturated carbocycles. The highest BCUT2D eigenvalue weighted by Gasteiger charge is 2.36. The summed E-state index contributed by atoms with van der Waals surface area (Å²) in [6.07, 6.45) is 9.01. The van der Waals surface area contributed by atoms with E-state index >= 15 is 0 Å². The summed E-state index contributed by atoms with van der Waals surface area (Å²) in [6, 6.07) is 0.280. The van der Waals surface area contributed by atoms with Crippen LogP contribution in [0.2, 0.25) is 0 Å². The van der Waals surface area contributed by atoms with Crippen molar-refractivity contribution in [1.29, 1.82) is 0 Å². The number of carbonyl (C=O) groups excluding carboxylic acids is 1. The second-order valence-electron chi connectivity index (χ2n) is 5.68. The third-order valence-corrected chi connectivity index (χ3v) is 4.37. The van der Waals surface area contributed by atoms with Crippen molar-refractivity contribution in [1.82, 2.24) is 5.32 Å². The molecule has 2 N–H and O–H groups in total. The van der Waals surface area contributed by atoms with Gasteiger partial charge in [-0.2, -0.15) is 0 Å². The highest BCUT2D eigenvalue weighted by Crippen LogP contribution is 2.31. The van der Waals surface area contributed by atoms with Crippen LogP contribution in [0.5, 0.6) is 0 Å². The van der Waals surface area contributed by atoms with Crippen LogP contribution in [0.4, 0.5) is 0 Å². The van der Waals surface area contributed by atoms with Gasteiger partial charge < -0.3 is 10.4 Å². The van der Waals surface area contributed by atoms with Gasteiger partial charge in [0.1, 0.15) is 0 Å². The molecule has 2 aliphatic rings. The van der Waals surface area contributed by atoms with Crippen molar-refractivity contribution in [3.05, 3.63) is 0 Å². The Morgan fingerprint density at radius 2 is 1.39 bits per heavy atom. The van der Waals surface area contributed by atoms with Gasteiger partial charge >= 0.3 is 5.97 Å². The summed E-state index contributed by atoms with van der Waals surface area (Å²) >= 11 is 0. The quantitative estimate of drug-likeness (QED) is 0.811. The molecule has 0 aliphatic heterocycles. The number of nitrogens with one attached hydrogen (secondary N) is 1. The first kappa shape index (κ1) is 13.4. The van der Waals surface area contributed by atoms with Gasteiger partial charge in [0, 0.05) is 6.04 Å². The molecular formula is C14H23NO3. The molecule has 0 unspecified atom stereocenters. The average molecular weight is 253 g/mol. The fraction of sp³-hybridized carbons (Fsp3) is 0.857. The van der Waals surface area contributed by atoms with E-state index in [1.165, 1.54) is 19.3 Å². The fourth-order valence-corrected chi connectivity index (χ4v) is 3.30. The third kappa shape index (κ3) is 3.24. The Hall–Kier alpha value is -1.06. The van der Waals surface area contributed by atoms with Crippen LogP contribution in [0.15, 0.2) is 0 Å². The van der Waals surface area contributed by atoms with Crippen LogP contribution in [0.1, 0.15) is 57.8 Å². The van der Waals surface area contributed by atoms with Crippen molar-refractivity contribution < 1.29 is 14.7 Å². The molecule has 2 aliphatic carbocycles. The SMILES string of the molecule is O=C(O)[C@@H]1CCCC[C@H]1C(=O)NC1CCCCC1. The van der Waals surface area contributed by atoms with E-state index in [0.717, 1.165) is 32.1 Å². The number of aliphatic carboxylic acids is 1. The molecule has 2 atom stereocenters. The topological polar surface area (TPSA) is 66.4 Å². The van der Waals surface area contributed by atoms with Crippen LogP contribution >= 0.6 is 0 Å². The second-order valence-corrected chi connectivity index (χ2v) is 5.68. The predicted octanol–water partition coefficient (Wildman–Crippen LogP) is 2.33. The van der Waals surface area contributed by atoms with Crippen molar-refractivity contribution in [3.63, 3.8) is 0 Å². The zero-order valence-corrected chi connectivity index (χ0v) is 10.9. The second kappa shape index (κ2) is 6.21. The molecule has 0 spiro atoms. The van der Waals surface area contributed by atoms with Crippen molar-refractivity contribution >= 4 is 11.9 Å². The Bertz CT molecular complexity index is 310. The molecule has 4 heteroatoms. The number of rotatable bonds is 3. The molecule has 0 radical (unpaired) electrons. The van der Waals surface area contributed by atoms with Crippen LogP contribution < -0.4 is 5.32 Å². The molecule has 1 amide bonds. The van der Waals surface area contributed by atoms with Crippen molar-refractivity contribution in [2.45, 2.75) is 63.8 Å². The van der Waals surface area contributed by atoms with Gasteiger partial charge in [-0.05, 0) is 25.7 Å². The van der Waals surface area contributed by atoms with Crippen LogP contribution in [0, 0.1) is 11.8 Å². The van der Waals surface area contributed by atoms with E-state index in [2.05, 4.69) is 5.32 Å². The monoisotopic (exact) mass is 253 g/mol. The third-order valence-electron chi connectivity index (χ3n) is 4.37. The van der Waals surface area contributed by atoms with Crippen LogP contribution in [-0.2, 0) is 9.59 Å². The Morgan fingerprint density at radius 3 is 2.00 bits per heavy atom. The van der Waals surface area contributed by atoms with Gasteiger partial charge in [0.15, 0.2) is 0 Å². The first-order valence-electron chi connectivity index (χ1n) is 7.21. The standard InChI is InChI=1S/C14H23NO3/c16-13(15-10-6-2-1-3-7-10)11-8-4-5-9-12(11)14(17)18/h10-12H,1-9H2,(H,15,16)(H,17,18)/t11-,12-/m1/s1. The Morgan fingerprint density at radius 1 is 0.833 bits per heavy atom. The maximum atomic E-state index is 12.2. The number of hydrogen-bond donors (Lipinski definition) is 2. The maximum Gasteiger partial charge on any atom is 0.307 e. The molecule has 0 aromatic rings. The predicted molar refractivity (Wildman–Crippen MR) is 68.1 cm³/mol. The highest BCUT2D eigenvalue weighted by atomic mass is 16.4. The lowest BCUT2D eigenvalue weighted by Gasteiger charge is -2.30. The molecule has 0 aromatic carbocycles. The summed E-state index contributed by atoms with van der Waals surface area (Å²) in [5, 5.41) is 12.3. The zero-order chi connectivity index (χ0) is 13.0. The highest BCUT2D eigenvalue weighted by molar-refractivity contribution is 5.85. The summed E-state index contributed by atoms with van der Waals surface area (Å²) in [6.45, 7) is 0. The van der Waals surface area contributed by atoms with E-state index in [4.69, 9.17) is 0 Å². The summed E-state index contributed by atoms with van der Waals surface area (Å²) in [4.78, 5) is 23.4. The van der Waals surface area contributed by atoms with Crippen molar-refractivity contribution in [2.75, 3.05) is 0 Å². The number of carbonyl (C=O) groups is 2. The minimum Gasteiger partial charge on any atom is -0.481 e. The first-order chi connectivity index (χ1) is 8.68. The summed E-state index contributed by atoms with van der Waals surface area (Å²) in [7, 11) is 0. The average Bonchev–Trinajstić information content (AvgIpc) is 2.40. The van der Waals surface area contributed by atoms with E-state index in [9.17, 15) is 14.7 Å². The van der Waals surface area contributed by atoms with Crippen molar-refractivity contribution in [3.8, 4) is 0 Å². The molecule has 0 bridgehead atoms. The normalized spacial score (nSPS) is 29.8. The van der Waals surface area contributed by atoms with E-state index in [1.54, 1.807) is 0 Å². The summed E-state index contributed by atoms with van der Waals surface area (Å²) in [5.41, 5.74) is 0. The first-order valence-corrected chi connectivity index (χ1v) is 7.21. The van der Waals surface area contributed by atoms with Gasteiger partial charge in [-0.15, -0.1) is 0 Å². The minimum absolute atomic E-state index is 0.0194. The van der Waals surface area contributed by atoms with Crippen molar-refractivity contribution in [2.24, 2.45) is 11.8 Å². The molecule has 0 heterocycles. The lowest BCUT2D eigenvalue weighted by molar-refractivity contribution is -0.149. The van der Waals surface area contributed by atoms with E-state index in [1.807, 2.05) is 0 Å².